The van der Waals surface area contributed by atoms with E-state index in [1.807, 2.05) is 4.90 Å². The van der Waals surface area contributed by atoms with Gasteiger partial charge in [0.05, 0.1) is 33.0 Å². The molecule has 0 bridgehead atoms. The van der Waals surface area contributed by atoms with E-state index in [0.29, 0.717) is 25.7 Å². The molecule has 10 heteroatoms. The van der Waals surface area contributed by atoms with Crippen LogP contribution in [0.2, 0.25) is 0 Å². The van der Waals surface area contributed by atoms with E-state index in [4.69, 9.17) is 14.5 Å². The molecular weight excluding hydrogens is 511 g/mol. The minimum atomic E-state index is 0. The summed E-state index contributed by atoms with van der Waals surface area (Å²) in [6.07, 6.45) is 0. The van der Waals surface area contributed by atoms with Crippen LogP contribution in [0.15, 0.2) is 4.99 Å². The largest absolute Gasteiger partial charge is 0.379 e. The lowest BCUT2D eigenvalue weighted by Gasteiger charge is -2.37. The first kappa shape index (κ1) is 26.6. The number of nitrogens with zero attached hydrogens (tertiary/aromatic N) is 5. The maximum Gasteiger partial charge on any atom is 0.236 e. The highest BCUT2D eigenvalue weighted by Gasteiger charge is 2.24. The summed E-state index contributed by atoms with van der Waals surface area (Å²) in [6.45, 7) is 17.8. The number of guanidine groups is 1. The third-order valence-corrected chi connectivity index (χ3v) is 5.96. The molecule has 0 radical (unpaired) electrons. The number of hydrogen-bond acceptors (Lipinski definition) is 6. The van der Waals surface area contributed by atoms with Gasteiger partial charge in [0.2, 0.25) is 5.91 Å². The topological polar surface area (TPSA) is 72.9 Å². The molecule has 0 spiro atoms. The molecule has 0 aromatic heterocycles. The van der Waals surface area contributed by atoms with E-state index in [1.54, 1.807) is 0 Å². The summed E-state index contributed by atoms with van der Waals surface area (Å²) >= 11 is 0. The second-order valence-electron chi connectivity index (χ2n) is 8.47. The van der Waals surface area contributed by atoms with Crippen LogP contribution in [0.25, 0.3) is 0 Å². The maximum absolute atomic E-state index is 12.5. The van der Waals surface area contributed by atoms with Crippen molar-refractivity contribution in [2.45, 2.75) is 13.8 Å². The minimum Gasteiger partial charge on any atom is -0.379 e. The van der Waals surface area contributed by atoms with Gasteiger partial charge in [-0.05, 0) is 12.8 Å². The Morgan fingerprint density at radius 3 is 2.13 bits per heavy atom. The van der Waals surface area contributed by atoms with Crippen molar-refractivity contribution in [3.8, 4) is 0 Å². The van der Waals surface area contributed by atoms with Crippen LogP contribution in [-0.2, 0) is 14.3 Å². The van der Waals surface area contributed by atoms with Crippen molar-refractivity contribution in [2.75, 3.05) is 105 Å². The molecule has 180 valence electrons. The van der Waals surface area contributed by atoms with Crippen LogP contribution in [0.5, 0.6) is 0 Å². The predicted octanol–water partition coefficient (Wildman–Crippen LogP) is 0.0146. The van der Waals surface area contributed by atoms with Crippen molar-refractivity contribution in [1.82, 2.24) is 24.9 Å². The van der Waals surface area contributed by atoms with E-state index in [2.05, 4.69) is 33.9 Å². The SMILES string of the molecule is CCNC(=NCC(C)CN1CCOCC1)N1CCN(CC(=O)N2CCOCC2)CC1.I. The number of rotatable bonds is 7. The Bertz CT molecular complexity index is 547. The van der Waals surface area contributed by atoms with Crippen molar-refractivity contribution >= 4 is 35.8 Å². The van der Waals surface area contributed by atoms with Gasteiger partial charge in [0, 0.05) is 72.0 Å². The molecule has 1 amide bonds. The van der Waals surface area contributed by atoms with Crippen LogP contribution in [0.4, 0.5) is 0 Å². The first-order chi connectivity index (χ1) is 14.7. The molecule has 3 rings (SSSR count). The molecule has 3 saturated heterocycles. The number of halogens is 1. The van der Waals surface area contributed by atoms with Gasteiger partial charge in [0.25, 0.3) is 0 Å². The molecule has 0 aromatic rings. The van der Waals surface area contributed by atoms with Crippen molar-refractivity contribution in [3.63, 3.8) is 0 Å². The van der Waals surface area contributed by atoms with E-state index < -0.39 is 0 Å². The highest BCUT2D eigenvalue weighted by Crippen LogP contribution is 2.07. The summed E-state index contributed by atoms with van der Waals surface area (Å²) in [5, 5.41) is 3.45. The lowest BCUT2D eigenvalue weighted by molar-refractivity contribution is -0.136. The van der Waals surface area contributed by atoms with Crippen molar-refractivity contribution in [3.05, 3.63) is 0 Å². The first-order valence-electron chi connectivity index (χ1n) is 11.6. The number of morpholine rings is 2. The van der Waals surface area contributed by atoms with Gasteiger partial charge in [-0.1, -0.05) is 6.92 Å². The van der Waals surface area contributed by atoms with Crippen LogP contribution in [0, 0.1) is 5.92 Å². The van der Waals surface area contributed by atoms with Crippen molar-refractivity contribution in [2.24, 2.45) is 10.9 Å². The lowest BCUT2D eigenvalue weighted by Crippen LogP contribution is -2.55. The van der Waals surface area contributed by atoms with Gasteiger partial charge in [-0.25, -0.2) is 0 Å². The zero-order chi connectivity index (χ0) is 21.2. The first-order valence-corrected chi connectivity index (χ1v) is 11.6. The molecule has 1 N–H and O–H groups in total. The summed E-state index contributed by atoms with van der Waals surface area (Å²) in [7, 11) is 0. The smallest absolute Gasteiger partial charge is 0.236 e. The van der Waals surface area contributed by atoms with Crippen LogP contribution in [-0.4, -0.2) is 136 Å². The Balaban J connectivity index is 0.00000341. The van der Waals surface area contributed by atoms with E-state index in [0.717, 1.165) is 91.2 Å². The molecule has 0 saturated carbocycles. The Morgan fingerprint density at radius 2 is 1.52 bits per heavy atom. The molecule has 1 atom stereocenters. The molecule has 31 heavy (non-hydrogen) atoms. The molecule has 0 aliphatic carbocycles. The number of carbonyl (C=O) groups excluding carboxylic acids is 1. The molecule has 0 aromatic carbocycles. The summed E-state index contributed by atoms with van der Waals surface area (Å²) in [5.74, 6) is 1.75. The summed E-state index contributed by atoms with van der Waals surface area (Å²) in [6, 6.07) is 0. The number of amides is 1. The zero-order valence-corrected chi connectivity index (χ0v) is 21.6. The standard InChI is InChI=1S/C21H40N6O3.HI/c1-3-22-21(23-16-19(2)17-25-8-12-29-13-9-25)27-6-4-24(5-7-27)18-20(28)26-10-14-30-15-11-26;/h19H,3-18H2,1-2H3,(H,22,23);1H. The van der Waals surface area contributed by atoms with Gasteiger partial charge in [0.15, 0.2) is 5.96 Å². The lowest BCUT2D eigenvalue weighted by atomic mass is 10.1. The molecule has 3 heterocycles. The van der Waals surface area contributed by atoms with E-state index in [9.17, 15) is 4.79 Å². The van der Waals surface area contributed by atoms with E-state index in [-0.39, 0.29) is 29.9 Å². The number of hydrogen-bond donors (Lipinski definition) is 1. The number of carbonyl (C=O) groups is 1. The third kappa shape index (κ3) is 8.99. The van der Waals surface area contributed by atoms with Crippen LogP contribution in [0.1, 0.15) is 13.8 Å². The summed E-state index contributed by atoms with van der Waals surface area (Å²) < 4.78 is 10.8. The molecule has 3 fully saturated rings. The zero-order valence-electron chi connectivity index (χ0n) is 19.3. The fraction of sp³-hybridized carbons (Fsp3) is 0.905. The average molecular weight is 553 g/mol. The monoisotopic (exact) mass is 552 g/mol. The van der Waals surface area contributed by atoms with Gasteiger partial charge in [-0.3, -0.25) is 19.6 Å². The quantitative estimate of drug-likeness (QED) is 0.271. The Morgan fingerprint density at radius 1 is 0.903 bits per heavy atom. The van der Waals surface area contributed by atoms with Gasteiger partial charge in [0.1, 0.15) is 0 Å². The molecule has 1 unspecified atom stereocenters. The molecule has 3 aliphatic heterocycles. The second kappa shape index (κ2) is 14.5. The number of ether oxygens (including phenoxy) is 2. The Hall–Kier alpha value is -0.690. The van der Waals surface area contributed by atoms with Crippen molar-refractivity contribution in [1.29, 1.82) is 0 Å². The highest BCUT2D eigenvalue weighted by atomic mass is 127. The molecule has 9 nitrogen and oxygen atoms in total. The number of aliphatic imine (C=N–C) groups is 1. The van der Waals surface area contributed by atoms with E-state index in [1.165, 1.54) is 0 Å². The Kier molecular flexibility index (Phi) is 12.4. The van der Waals surface area contributed by atoms with Gasteiger partial charge < -0.3 is 24.6 Å². The van der Waals surface area contributed by atoms with E-state index >= 15 is 0 Å². The fourth-order valence-electron chi connectivity index (χ4n) is 4.17. The van der Waals surface area contributed by atoms with Crippen LogP contribution in [0.3, 0.4) is 0 Å². The van der Waals surface area contributed by atoms with Crippen LogP contribution >= 0.6 is 24.0 Å². The maximum atomic E-state index is 12.5. The highest BCUT2D eigenvalue weighted by molar-refractivity contribution is 14.0. The Labute approximate surface area is 204 Å². The third-order valence-electron chi connectivity index (χ3n) is 5.96. The van der Waals surface area contributed by atoms with Crippen LogP contribution < -0.4 is 5.32 Å². The number of piperazine rings is 1. The van der Waals surface area contributed by atoms with Gasteiger partial charge >= 0.3 is 0 Å². The summed E-state index contributed by atoms with van der Waals surface area (Å²) in [4.78, 5) is 26.4. The minimum absolute atomic E-state index is 0. The fourth-order valence-corrected chi connectivity index (χ4v) is 4.17. The number of nitrogens with one attached hydrogen (secondary N) is 1. The second-order valence-corrected chi connectivity index (χ2v) is 8.47. The van der Waals surface area contributed by atoms with Gasteiger partial charge in [-0.2, -0.15) is 0 Å². The normalized spacial score (nSPS) is 22.7. The van der Waals surface area contributed by atoms with Gasteiger partial charge in [-0.15, -0.1) is 24.0 Å². The predicted molar refractivity (Wildman–Crippen MR) is 133 cm³/mol. The molecule has 3 aliphatic rings. The summed E-state index contributed by atoms with van der Waals surface area (Å²) in [5.41, 5.74) is 0. The average Bonchev–Trinajstić information content (AvgIpc) is 2.78. The molecular formula is C21H41IN6O3. The van der Waals surface area contributed by atoms with Crippen molar-refractivity contribution < 1.29 is 14.3 Å².